The molecule has 2 aliphatic heterocycles. The van der Waals surface area contributed by atoms with Crippen molar-refractivity contribution >= 4 is 35.4 Å². The highest BCUT2D eigenvalue weighted by Gasteiger charge is 2.41. The van der Waals surface area contributed by atoms with Crippen LogP contribution in [0, 0.1) is 23.7 Å². The van der Waals surface area contributed by atoms with E-state index >= 15 is 0 Å². The summed E-state index contributed by atoms with van der Waals surface area (Å²) in [6.45, 7) is 15.7. The van der Waals surface area contributed by atoms with Crippen molar-refractivity contribution in [3.8, 4) is 0 Å². The van der Waals surface area contributed by atoms with Crippen molar-refractivity contribution < 1.29 is 28.8 Å². The lowest BCUT2D eigenvalue weighted by molar-refractivity contribution is -0.143. The van der Waals surface area contributed by atoms with Gasteiger partial charge in [-0.3, -0.25) is 28.8 Å². The maximum atomic E-state index is 14.3. The summed E-state index contributed by atoms with van der Waals surface area (Å²) in [5, 5.41) is 14.5. The van der Waals surface area contributed by atoms with Crippen LogP contribution in [0.1, 0.15) is 99.5 Å². The summed E-state index contributed by atoms with van der Waals surface area (Å²) in [6.07, 6.45) is 2.64. The van der Waals surface area contributed by atoms with E-state index < -0.39 is 71.7 Å². The Kier molecular flexibility index (Phi) is 15.3. The molecule has 0 spiro atoms. The number of nitrogens with zero attached hydrogens (tertiary/aromatic N) is 1. The topological polar surface area (TPSA) is 166 Å². The van der Waals surface area contributed by atoms with Gasteiger partial charge in [-0.1, -0.05) is 92.1 Å². The fourth-order valence-corrected chi connectivity index (χ4v) is 6.69. The van der Waals surface area contributed by atoms with E-state index in [0.29, 0.717) is 45.1 Å². The van der Waals surface area contributed by atoms with E-state index in [0.717, 1.165) is 5.56 Å². The molecule has 278 valence electrons. The Hall–Kier alpha value is -3.96. The molecule has 2 fully saturated rings. The lowest BCUT2D eigenvalue weighted by atomic mass is 9.95. The highest BCUT2D eigenvalue weighted by molar-refractivity contribution is 5.98. The number of fused-ring (bicyclic) bond motifs is 1. The molecular formula is C38H60N6O6. The minimum absolute atomic E-state index is 0.0138. The molecule has 12 nitrogen and oxygen atoms in total. The molecule has 3 rings (SSSR count). The second-order valence-corrected chi connectivity index (χ2v) is 15.4. The molecule has 2 saturated heterocycles. The van der Waals surface area contributed by atoms with Gasteiger partial charge in [0.05, 0.1) is 0 Å². The van der Waals surface area contributed by atoms with Crippen molar-refractivity contribution in [3.63, 3.8) is 0 Å². The van der Waals surface area contributed by atoms with Crippen LogP contribution >= 0.6 is 0 Å². The van der Waals surface area contributed by atoms with Gasteiger partial charge in [-0.15, -0.1) is 0 Å². The summed E-state index contributed by atoms with van der Waals surface area (Å²) in [5.74, 6) is -3.11. The number of hydrogen-bond donors (Lipinski definition) is 5. The van der Waals surface area contributed by atoms with Gasteiger partial charge in [-0.2, -0.15) is 0 Å². The molecule has 50 heavy (non-hydrogen) atoms. The first kappa shape index (κ1) is 40.5. The number of hydrogen-bond acceptors (Lipinski definition) is 6. The summed E-state index contributed by atoms with van der Waals surface area (Å²) in [4.78, 5) is 85.4. The van der Waals surface area contributed by atoms with Crippen LogP contribution in [0.5, 0.6) is 0 Å². The smallest absolute Gasteiger partial charge is 0.246 e. The van der Waals surface area contributed by atoms with Crippen molar-refractivity contribution in [1.29, 1.82) is 0 Å². The van der Waals surface area contributed by atoms with Crippen LogP contribution in [0.3, 0.4) is 0 Å². The largest absolute Gasteiger partial charge is 0.343 e. The first-order chi connectivity index (χ1) is 23.6. The highest BCUT2D eigenvalue weighted by atomic mass is 16.2. The van der Waals surface area contributed by atoms with Crippen LogP contribution in [-0.4, -0.2) is 83.1 Å². The lowest BCUT2D eigenvalue weighted by Gasteiger charge is -2.33. The zero-order valence-electron chi connectivity index (χ0n) is 31.2. The van der Waals surface area contributed by atoms with E-state index in [-0.39, 0.29) is 30.1 Å². The molecule has 5 N–H and O–H groups in total. The average molecular weight is 697 g/mol. The van der Waals surface area contributed by atoms with Crippen LogP contribution in [0.4, 0.5) is 0 Å². The zero-order valence-corrected chi connectivity index (χ0v) is 31.2. The molecule has 1 aromatic rings. The first-order valence-corrected chi connectivity index (χ1v) is 18.5. The third-order valence-electron chi connectivity index (χ3n) is 9.55. The molecule has 2 heterocycles. The quantitative estimate of drug-likeness (QED) is 0.253. The van der Waals surface area contributed by atoms with Crippen molar-refractivity contribution in [3.05, 3.63) is 35.9 Å². The Morgan fingerprint density at radius 1 is 0.620 bits per heavy atom. The van der Waals surface area contributed by atoms with Crippen LogP contribution in [0.15, 0.2) is 30.3 Å². The molecule has 1 unspecified atom stereocenters. The van der Waals surface area contributed by atoms with E-state index in [4.69, 9.17) is 0 Å². The SMILES string of the molecule is CCC(C)[C@@H]1NC(=O)[C@@H](CC(C)C)NC(=O)[C@H](CC(C)C)NC(=O)[C@H]2CCCN2C(=O)[C@@H](Cc2ccccc2)NC(=O)[C@H](CC(C)C)NC1=O. The highest BCUT2D eigenvalue weighted by Crippen LogP contribution is 2.21. The third-order valence-corrected chi connectivity index (χ3v) is 9.55. The van der Waals surface area contributed by atoms with Gasteiger partial charge in [-0.05, 0) is 61.3 Å². The van der Waals surface area contributed by atoms with Crippen molar-refractivity contribution in [2.75, 3.05) is 6.54 Å². The van der Waals surface area contributed by atoms with E-state index in [1.54, 1.807) is 0 Å². The van der Waals surface area contributed by atoms with Gasteiger partial charge in [0.15, 0.2) is 0 Å². The average Bonchev–Trinajstić information content (AvgIpc) is 3.55. The number of nitrogens with one attached hydrogen (secondary N) is 5. The fourth-order valence-electron chi connectivity index (χ4n) is 6.69. The molecule has 1 aromatic carbocycles. The predicted molar refractivity (Wildman–Crippen MR) is 192 cm³/mol. The van der Waals surface area contributed by atoms with Gasteiger partial charge in [0.2, 0.25) is 35.4 Å². The fraction of sp³-hybridized carbons (Fsp3) is 0.684. The standard InChI is InChI=1S/C38H60N6O6/c1-9-25(8)32-37(49)41-28(19-23(4)5)34(46)42-30(21-26-14-11-10-12-15-26)38(50)44-17-13-16-31(44)36(48)40-27(18-22(2)3)33(45)39-29(20-24(6)7)35(47)43-32/h10-12,14-15,22-25,27-32H,9,13,16-21H2,1-8H3,(H,39,45)(H,40,48)(H,41,49)(H,42,46)(H,43,47)/t25?,27-,28-,29+,30+,31+,32-/m0/s1. The van der Waals surface area contributed by atoms with Crippen LogP contribution < -0.4 is 26.6 Å². The summed E-state index contributed by atoms with van der Waals surface area (Å²) in [5.41, 5.74) is 0.821. The maximum Gasteiger partial charge on any atom is 0.246 e. The van der Waals surface area contributed by atoms with Gasteiger partial charge in [-0.25, -0.2) is 0 Å². The molecule has 0 saturated carbocycles. The van der Waals surface area contributed by atoms with Gasteiger partial charge in [0, 0.05) is 13.0 Å². The van der Waals surface area contributed by atoms with E-state index in [9.17, 15) is 28.8 Å². The Bertz CT molecular complexity index is 1330. The van der Waals surface area contributed by atoms with Gasteiger partial charge in [0.25, 0.3) is 0 Å². The lowest BCUT2D eigenvalue weighted by Crippen LogP contribution is -2.62. The summed E-state index contributed by atoms with van der Waals surface area (Å²) < 4.78 is 0. The van der Waals surface area contributed by atoms with E-state index in [1.807, 2.05) is 85.7 Å². The summed E-state index contributed by atoms with van der Waals surface area (Å²) in [7, 11) is 0. The van der Waals surface area contributed by atoms with E-state index in [1.165, 1.54) is 4.90 Å². The van der Waals surface area contributed by atoms with Gasteiger partial charge in [0.1, 0.15) is 36.3 Å². The monoisotopic (exact) mass is 696 g/mol. The molecule has 0 aliphatic carbocycles. The molecule has 2 aliphatic rings. The van der Waals surface area contributed by atoms with Crippen molar-refractivity contribution in [2.45, 2.75) is 137 Å². The summed E-state index contributed by atoms with van der Waals surface area (Å²) >= 11 is 0. The van der Waals surface area contributed by atoms with Crippen molar-refractivity contribution in [1.82, 2.24) is 31.5 Å². The molecule has 6 amide bonds. The molecule has 0 radical (unpaired) electrons. The number of amides is 6. The number of carbonyl (C=O) groups is 6. The second kappa shape index (κ2) is 18.9. The molecular weight excluding hydrogens is 636 g/mol. The number of rotatable bonds is 10. The second-order valence-electron chi connectivity index (χ2n) is 15.4. The Labute approximate surface area is 298 Å². The number of carbonyl (C=O) groups excluding carboxylic acids is 6. The van der Waals surface area contributed by atoms with Crippen LogP contribution in [0.25, 0.3) is 0 Å². The minimum Gasteiger partial charge on any atom is -0.343 e. The number of benzene rings is 1. The third kappa shape index (κ3) is 11.6. The molecule has 0 bridgehead atoms. The zero-order chi connectivity index (χ0) is 37.1. The first-order valence-electron chi connectivity index (χ1n) is 18.5. The molecule has 0 aromatic heterocycles. The van der Waals surface area contributed by atoms with Gasteiger partial charge < -0.3 is 31.5 Å². The Morgan fingerprint density at radius 3 is 1.58 bits per heavy atom. The van der Waals surface area contributed by atoms with Gasteiger partial charge >= 0.3 is 0 Å². The maximum absolute atomic E-state index is 14.3. The molecule has 12 heteroatoms. The Balaban J connectivity index is 2.11. The normalized spacial score (nSPS) is 26.8. The summed E-state index contributed by atoms with van der Waals surface area (Å²) in [6, 6.07) is 3.56. The Morgan fingerprint density at radius 2 is 1.08 bits per heavy atom. The minimum atomic E-state index is -1.01. The van der Waals surface area contributed by atoms with E-state index in [2.05, 4.69) is 26.6 Å². The van der Waals surface area contributed by atoms with Crippen LogP contribution in [-0.2, 0) is 35.2 Å². The van der Waals surface area contributed by atoms with Crippen molar-refractivity contribution in [2.24, 2.45) is 23.7 Å². The van der Waals surface area contributed by atoms with Crippen LogP contribution in [0.2, 0.25) is 0 Å². The predicted octanol–water partition coefficient (Wildman–Crippen LogP) is 2.84. The molecule has 7 atom stereocenters.